The van der Waals surface area contributed by atoms with Gasteiger partial charge in [0, 0.05) is 19.6 Å². The Labute approximate surface area is 127 Å². The van der Waals surface area contributed by atoms with E-state index in [1.807, 2.05) is 27.7 Å². The van der Waals surface area contributed by atoms with Crippen LogP contribution >= 0.6 is 0 Å². The summed E-state index contributed by atoms with van der Waals surface area (Å²) in [6.45, 7) is 8.67. The third kappa shape index (κ3) is 4.76. The van der Waals surface area contributed by atoms with Gasteiger partial charge in [-0.1, -0.05) is 33.8 Å². The quantitative estimate of drug-likeness (QED) is 0.841. The average molecular weight is 316 g/mol. The van der Waals surface area contributed by atoms with Crippen molar-refractivity contribution >= 4 is 10.0 Å². The zero-order chi connectivity index (χ0) is 16.2. The molecule has 0 amide bonds. The van der Waals surface area contributed by atoms with Gasteiger partial charge in [0.25, 0.3) is 0 Å². The lowest BCUT2D eigenvalue weighted by molar-refractivity contribution is 0.332. The van der Waals surface area contributed by atoms with Crippen LogP contribution in [0.2, 0.25) is 0 Å². The summed E-state index contributed by atoms with van der Waals surface area (Å²) in [5.41, 5.74) is 6.12. The van der Waals surface area contributed by atoms with E-state index < -0.39 is 15.8 Å². The number of hydrogen-bond donors (Lipinski definition) is 1. The Kier molecular flexibility index (Phi) is 6.31. The first-order valence-electron chi connectivity index (χ1n) is 7.17. The average Bonchev–Trinajstić information content (AvgIpc) is 2.37. The highest BCUT2D eigenvalue weighted by Crippen LogP contribution is 2.22. The van der Waals surface area contributed by atoms with Crippen LogP contribution in [0.3, 0.4) is 0 Å². The van der Waals surface area contributed by atoms with Crippen LogP contribution in [0.5, 0.6) is 0 Å². The summed E-state index contributed by atoms with van der Waals surface area (Å²) in [7, 11) is -3.85. The number of sulfonamides is 1. The summed E-state index contributed by atoms with van der Waals surface area (Å²) in [6, 6.07) is 4.00. The van der Waals surface area contributed by atoms with Crippen molar-refractivity contribution in [1.29, 1.82) is 0 Å². The van der Waals surface area contributed by atoms with Crippen LogP contribution in [0.15, 0.2) is 23.1 Å². The lowest BCUT2D eigenvalue weighted by Gasteiger charge is -2.26. The van der Waals surface area contributed by atoms with E-state index in [2.05, 4.69) is 0 Å². The summed E-state index contributed by atoms with van der Waals surface area (Å²) in [4.78, 5) is -0.285. The first-order chi connectivity index (χ1) is 9.68. The molecule has 1 aromatic rings. The summed E-state index contributed by atoms with van der Waals surface area (Å²) >= 11 is 0. The van der Waals surface area contributed by atoms with Crippen molar-refractivity contribution in [3.63, 3.8) is 0 Å². The first kappa shape index (κ1) is 18.1. The van der Waals surface area contributed by atoms with Gasteiger partial charge < -0.3 is 5.73 Å². The molecule has 2 N–H and O–H groups in total. The molecule has 6 heteroatoms. The number of nitrogens with two attached hydrogens (primary N) is 1. The van der Waals surface area contributed by atoms with Crippen molar-refractivity contribution in [3.8, 4) is 0 Å². The SMILES string of the molecule is CC(C)CN(CC(C)C)S(=O)(=O)c1cc(CN)ccc1F. The molecule has 0 saturated heterocycles. The number of benzene rings is 1. The zero-order valence-electron chi connectivity index (χ0n) is 13.1. The molecule has 4 nitrogen and oxygen atoms in total. The third-order valence-electron chi connectivity index (χ3n) is 2.99. The van der Waals surface area contributed by atoms with Crippen LogP contribution in [0.4, 0.5) is 4.39 Å². The molecule has 0 bridgehead atoms. The molecule has 1 aromatic carbocycles. The fraction of sp³-hybridized carbons (Fsp3) is 0.600. The molecule has 0 aliphatic carbocycles. The number of halogens is 1. The second-order valence-corrected chi connectivity index (χ2v) is 7.98. The van der Waals surface area contributed by atoms with E-state index in [0.29, 0.717) is 18.7 Å². The van der Waals surface area contributed by atoms with E-state index in [9.17, 15) is 12.8 Å². The Morgan fingerprint density at radius 1 is 1.14 bits per heavy atom. The highest BCUT2D eigenvalue weighted by atomic mass is 32.2. The topological polar surface area (TPSA) is 63.4 Å². The van der Waals surface area contributed by atoms with Gasteiger partial charge in [-0.05, 0) is 29.5 Å². The van der Waals surface area contributed by atoms with Gasteiger partial charge in [0.15, 0.2) is 0 Å². The Morgan fingerprint density at radius 2 is 1.67 bits per heavy atom. The molecule has 120 valence electrons. The van der Waals surface area contributed by atoms with Gasteiger partial charge in [0.2, 0.25) is 10.0 Å². The zero-order valence-corrected chi connectivity index (χ0v) is 14.0. The fourth-order valence-electron chi connectivity index (χ4n) is 2.10. The van der Waals surface area contributed by atoms with Crippen LogP contribution < -0.4 is 5.73 Å². The van der Waals surface area contributed by atoms with Gasteiger partial charge in [-0.15, -0.1) is 0 Å². The Hall–Kier alpha value is -0.980. The lowest BCUT2D eigenvalue weighted by atomic mass is 10.2. The van der Waals surface area contributed by atoms with Crippen LogP contribution in [-0.2, 0) is 16.6 Å². The molecule has 0 aliphatic rings. The van der Waals surface area contributed by atoms with E-state index in [-0.39, 0.29) is 23.3 Å². The second-order valence-electron chi connectivity index (χ2n) is 6.08. The second kappa shape index (κ2) is 7.33. The van der Waals surface area contributed by atoms with Crippen molar-refractivity contribution in [2.75, 3.05) is 13.1 Å². The predicted molar refractivity (Wildman–Crippen MR) is 82.7 cm³/mol. The van der Waals surface area contributed by atoms with Crippen molar-refractivity contribution in [2.24, 2.45) is 17.6 Å². The monoisotopic (exact) mass is 316 g/mol. The maximum Gasteiger partial charge on any atom is 0.246 e. The van der Waals surface area contributed by atoms with Crippen LogP contribution in [0, 0.1) is 17.7 Å². The minimum Gasteiger partial charge on any atom is -0.326 e. The van der Waals surface area contributed by atoms with Crippen LogP contribution in [0.1, 0.15) is 33.3 Å². The lowest BCUT2D eigenvalue weighted by Crippen LogP contribution is -2.37. The van der Waals surface area contributed by atoms with E-state index in [0.717, 1.165) is 6.07 Å². The summed E-state index contributed by atoms with van der Waals surface area (Å²) < 4.78 is 40.8. The van der Waals surface area contributed by atoms with Gasteiger partial charge in [0.05, 0.1) is 0 Å². The maximum atomic E-state index is 14.0. The van der Waals surface area contributed by atoms with Crippen LogP contribution in [-0.4, -0.2) is 25.8 Å². The molecule has 0 aliphatic heterocycles. The molecule has 21 heavy (non-hydrogen) atoms. The maximum absolute atomic E-state index is 14.0. The van der Waals surface area contributed by atoms with Gasteiger partial charge in [-0.2, -0.15) is 4.31 Å². The number of rotatable bonds is 7. The summed E-state index contributed by atoms with van der Waals surface area (Å²) in [5.74, 6) is -0.400. The third-order valence-corrected chi connectivity index (χ3v) is 4.83. The molecule has 0 spiro atoms. The Morgan fingerprint density at radius 3 is 2.10 bits per heavy atom. The van der Waals surface area contributed by atoms with E-state index in [1.165, 1.54) is 16.4 Å². The van der Waals surface area contributed by atoms with Crippen molar-refractivity contribution in [3.05, 3.63) is 29.6 Å². The smallest absolute Gasteiger partial charge is 0.246 e. The van der Waals surface area contributed by atoms with Crippen LogP contribution in [0.25, 0.3) is 0 Å². The standard InChI is InChI=1S/C15H25FN2O2S/c1-11(2)9-18(10-12(3)4)21(19,20)15-7-13(8-17)5-6-14(15)16/h5-7,11-12H,8-10,17H2,1-4H3. The molecule has 0 heterocycles. The number of hydrogen-bond acceptors (Lipinski definition) is 3. The molecular formula is C15H25FN2O2S. The van der Waals surface area contributed by atoms with Crippen molar-refractivity contribution in [1.82, 2.24) is 4.31 Å². The van der Waals surface area contributed by atoms with E-state index in [4.69, 9.17) is 5.73 Å². The fourth-order valence-corrected chi connectivity index (χ4v) is 3.98. The van der Waals surface area contributed by atoms with E-state index >= 15 is 0 Å². The highest BCUT2D eigenvalue weighted by molar-refractivity contribution is 7.89. The Bertz CT molecular complexity index is 561. The van der Waals surface area contributed by atoms with E-state index in [1.54, 1.807) is 0 Å². The highest BCUT2D eigenvalue weighted by Gasteiger charge is 2.28. The van der Waals surface area contributed by atoms with Gasteiger partial charge in [0.1, 0.15) is 10.7 Å². The van der Waals surface area contributed by atoms with Gasteiger partial charge in [-0.3, -0.25) is 0 Å². The molecule has 0 fully saturated rings. The van der Waals surface area contributed by atoms with Gasteiger partial charge >= 0.3 is 0 Å². The minimum absolute atomic E-state index is 0.166. The number of nitrogens with zero attached hydrogens (tertiary/aromatic N) is 1. The molecule has 0 aromatic heterocycles. The van der Waals surface area contributed by atoms with Crippen molar-refractivity contribution in [2.45, 2.75) is 39.1 Å². The van der Waals surface area contributed by atoms with Gasteiger partial charge in [-0.25, -0.2) is 12.8 Å². The molecule has 0 unspecified atom stereocenters. The largest absolute Gasteiger partial charge is 0.326 e. The van der Waals surface area contributed by atoms with Crippen molar-refractivity contribution < 1.29 is 12.8 Å². The molecule has 1 rings (SSSR count). The summed E-state index contributed by atoms with van der Waals surface area (Å²) in [6.07, 6.45) is 0. The first-order valence-corrected chi connectivity index (χ1v) is 8.61. The molecule has 0 saturated carbocycles. The predicted octanol–water partition coefficient (Wildman–Crippen LogP) is 2.59. The molecule has 0 atom stereocenters. The summed E-state index contributed by atoms with van der Waals surface area (Å²) in [5, 5.41) is 0. The minimum atomic E-state index is -3.85. The normalized spacial score (nSPS) is 12.6. The molecule has 0 radical (unpaired) electrons. The molecular weight excluding hydrogens is 291 g/mol. The Balaban J connectivity index is 3.27.